The zero-order chi connectivity index (χ0) is 18.2. The molecule has 0 aromatic rings. The van der Waals surface area contributed by atoms with Crippen LogP contribution in [0.25, 0.3) is 0 Å². The molecular formula is C18H32ClNO4. The molecule has 2 unspecified atom stereocenters. The number of carboxylic acid groups (broad SMARTS) is 1. The number of rotatable bonds is 16. The first kappa shape index (κ1) is 22.9. The highest BCUT2D eigenvalue weighted by Gasteiger charge is 2.27. The van der Waals surface area contributed by atoms with Crippen LogP contribution in [0.2, 0.25) is 0 Å². The van der Waals surface area contributed by atoms with Gasteiger partial charge >= 0.3 is 5.97 Å². The predicted molar refractivity (Wildman–Crippen MR) is 98.3 cm³/mol. The maximum atomic E-state index is 11.2. The van der Waals surface area contributed by atoms with Gasteiger partial charge in [0.25, 0.3) is 0 Å². The van der Waals surface area contributed by atoms with Crippen LogP contribution in [0.1, 0.15) is 84.0 Å². The molecule has 0 aliphatic heterocycles. The number of hydrogen-bond acceptors (Lipinski definition) is 3. The van der Waals surface area contributed by atoms with Crippen LogP contribution in [-0.4, -0.2) is 27.4 Å². The number of alkyl halides is 1. The second kappa shape index (κ2) is 15.4. The SMILES string of the molecule is CCCCC/C=C\CC(C(Cl)CCCCCCCC(=O)O)[N+](=O)[O-]. The number of carbonyl (C=O) groups is 1. The fourth-order valence-corrected chi connectivity index (χ4v) is 2.92. The molecule has 0 aliphatic rings. The second-order valence-corrected chi connectivity index (χ2v) is 6.83. The Labute approximate surface area is 150 Å². The van der Waals surface area contributed by atoms with Gasteiger partial charge in [-0.3, -0.25) is 14.9 Å². The van der Waals surface area contributed by atoms with Crippen molar-refractivity contribution in [1.82, 2.24) is 0 Å². The van der Waals surface area contributed by atoms with Crippen molar-refractivity contribution in [3.8, 4) is 0 Å². The lowest BCUT2D eigenvalue weighted by molar-refractivity contribution is -0.521. The molecule has 2 atom stereocenters. The van der Waals surface area contributed by atoms with Gasteiger partial charge in [-0.2, -0.15) is 0 Å². The Morgan fingerprint density at radius 1 is 1.12 bits per heavy atom. The number of allylic oxidation sites excluding steroid dienone is 1. The highest BCUT2D eigenvalue weighted by Crippen LogP contribution is 2.19. The third kappa shape index (κ3) is 13.3. The first-order valence-electron chi connectivity index (χ1n) is 9.13. The fraction of sp³-hybridized carbons (Fsp3) is 0.833. The van der Waals surface area contributed by atoms with E-state index in [0.717, 1.165) is 38.5 Å². The zero-order valence-corrected chi connectivity index (χ0v) is 15.5. The highest BCUT2D eigenvalue weighted by atomic mass is 35.5. The van der Waals surface area contributed by atoms with Gasteiger partial charge in [0.15, 0.2) is 0 Å². The number of unbranched alkanes of at least 4 members (excludes halogenated alkanes) is 7. The largest absolute Gasteiger partial charge is 0.481 e. The summed E-state index contributed by atoms with van der Waals surface area (Å²) < 4.78 is 0. The number of aliphatic carboxylic acids is 1. The lowest BCUT2D eigenvalue weighted by Gasteiger charge is -2.13. The number of nitrogens with zero attached hydrogens (tertiary/aromatic N) is 1. The van der Waals surface area contributed by atoms with E-state index in [1.54, 1.807) is 0 Å². The Hall–Kier alpha value is -1.10. The van der Waals surface area contributed by atoms with Gasteiger partial charge in [0.05, 0.1) is 0 Å². The Kier molecular flexibility index (Phi) is 14.7. The lowest BCUT2D eigenvalue weighted by Crippen LogP contribution is -2.29. The van der Waals surface area contributed by atoms with Crippen molar-refractivity contribution in [3.05, 3.63) is 22.3 Å². The van der Waals surface area contributed by atoms with Crippen LogP contribution in [0.5, 0.6) is 0 Å². The van der Waals surface area contributed by atoms with Crippen LogP contribution in [0.15, 0.2) is 12.2 Å². The minimum atomic E-state index is -0.757. The standard InChI is InChI=1S/C18H32ClNO4/c1-2-3-4-5-8-11-14-17(20(23)24)16(19)13-10-7-6-9-12-15-18(21)22/h8,11,16-17H,2-7,9-10,12-15H2,1H3,(H,21,22)/b11-8-. The normalized spacial score (nSPS) is 13.9. The fourth-order valence-electron chi connectivity index (χ4n) is 2.57. The molecule has 0 amide bonds. The van der Waals surface area contributed by atoms with Crippen LogP contribution >= 0.6 is 11.6 Å². The average Bonchev–Trinajstić information content (AvgIpc) is 2.52. The van der Waals surface area contributed by atoms with Gasteiger partial charge in [0.1, 0.15) is 5.38 Å². The molecule has 0 aromatic carbocycles. The van der Waals surface area contributed by atoms with E-state index in [9.17, 15) is 14.9 Å². The van der Waals surface area contributed by atoms with Crippen molar-refractivity contribution in [3.63, 3.8) is 0 Å². The van der Waals surface area contributed by atoms with Gasteiger partial charge in [-0.05, 0) is 25.7 Å². The number of carboxylic acids is 1. The minimum Gasteiger partial charge on any atom is -0.481 e. The topological polar surface area (TPSA) is 80.4 Å². The van der Waals surface area contributed by atoms with Crippen LogP contribution in [0.4, 0.5) is 0 Å². The van der Waals surface area contributed by atoms with Gasteiger partial charge < -0.3 is 5.11 Å². The summed E-state index contributed by atoms with van der Waals surface area (Å²) in [7, 11) is 0. The van der Waals surface area contributed by atoms with E-state index in [2.05, 4.69) is 6.92 Å². The molecule has 1 N–H and O–H groups in total. The quantitative estimate of drug-likeness (QED) is 0.128. The Morgan fingerprint density at radius 3 is 2.42 bits per heavy atom. The summed E-state index contributed by atoms with van der Waals surface area (Å²) in [6, 6.07) is -0.721. The van der Waals surface area contributed by atoms with Gasteiger partial charge in [-0.1, -0.05) is 57.6 Å². The Morgan fingerprint density at radius 2 is 1.79 bits per heavy atom. The molecule has 6 heteroatoms. The van der Waals surface area contributed by atoms with Gasteiger partial charge in [0.2, 0.25) is 6.04 Å². The van der Waals surface area contributed by atoms with Crippen molar-refractivity contribution >= 4 is 17.6 Å². The molecule has 0 spiro atoms. The van der Waals surface area contributed by atoms with Gasteiger partial charge in [-0.15, -0.1) is 11.6 Å². The molecular weight excluding hydrogens is 330 g/mol. The summed E-state index contributed by atoms with van der Waals surface area (Å²) in [5.74, 6) is -0.757. The number of halogens is 1. The third-order valence-electron chi connectivity index (χ3n) is 4.08. The molecule has 0 saturated heterocycles. The lowest BCUT2D eigenvalue weighted by atomic mass is 10.0. The van der Waals surface area contributed by atoms with E-state index in [1.165, 1.54) is 12.8 Å². The summed E-state index contributed by atoms with van der Waals surface area (Å²) in [6.07, 6.45) is 14.0. The molecule has 140 valence electrons. The molecule has 0 saturated carbocycles. The molecule has 0 aromatic heterocycles. The molecule has 0 aliphatic carbocycles. The molecule has 0 bridgehead atoms. The van der Waals surface area contributed by atoms with Crippen LogP contribution < -0.4 is 0 Å². The molecule has 5 nitrogen and oxygen atoms in total. The smallest absolute Gasteiger partial charge is 0.303 e. The van der Waals surface area contributed by atoms with Crippen molar-refractivity contribution < 1.29 is 14.8 Å². The van der Waals surface area contributed by atoms with E-state index in [-0.39, 0.29) is 11.3 Å². The summed E-state index contributed by atoms with van der Waals surface area (Å²) in [5, 5.41) is 19.3. The Balaban J connectivity index is 3.89. The first-order chi connectivity index (χ1) is 11.5. The maximum absolute atomic E-state index is 11.2. The first-order valence-corrected chi connectivity index (χ1v) is 9.57. The van der Waals surface area contributed by atoms with Gasteiger partial charge in [-0.25, -0.2) is 0 Å². The van der Waals surface area contributed by atoms with Gasteiger partial charge in [0, 0.05) is 17.8 Å². The minimum absolute atomic E-state index is 0.214. The molecule has 0 heterocycles. The number of hydrogen-bond donors (Lipinski definition) is 1. The van der Waals surface area contributed by atoms with Crippen LogP contribution in [0, 0.1) is 10.1 Å². The van der Waals surface area contributed by atoms with Crippen molar-refractivity contribution in [1.29, 1.82) is 0 Å². The molecule has 0 fully saturated rings. The van der Waals surface area contributed by atoms with E-state index in [1.807, 2.05) is 12.2 Å². The summed E-state index contributed by atoms with van der Waals surface area (Å²) >= 11 is 6.23. The third-order valence-corrected chi connectivity index (χ3v) is 4.59. The summed E-state index contributed by atoms with van der Waals surface area (Å²) in [6.45, 7) is 2.15. The van der Waals surface area contributed by atoms with Crippen molar-refractivity contribution in [2.24, 2.45) is 0 Å². The van der Waals surface area contributed by atoms with Crippen molar-refractivity contribution in [2.45, 2.75) is 95.4 Å². The van der Waals surface area contributed by atoms with E-state index in [4.69, 9.17) is 16.7 Å². The Bertz CT molecular complexity index is 374. The van der Waals surface area contributed by atoms with E-state index in [0.29, 0.717) is 19.3 Å². The predicted octanol–water partition coefficient (Wildman–Crippen LogP) is 5.58. The van der Waals surface area contributed by atoms with Crippen LogP contribution in [-0.2, 0) is 4.79 Å². The zero-order valence-electron chi connectivity index (χ0n) is 14.8. The van der Waals surface area contributed by atoms with Crippen molar-refractivity contribution in [2.75, 3.05) is 0 Å². The number of nitro groups is 1. The van der Waals surface area contributed by atoms with E-state index < -0.39 is 17.4 Å². The molecule has 24 heavy (non-hydrogen) atoms. The maximum Gasteiger partial charge on any atom is 0.303 e. The monoisotopic (exact) mass is 361 g/mol. The second-order valence-electron chi connectivity index (χ2n) is 6.27. The summed E-state index contributed by atoms with van der Waals surface area (Å²) in [5.41, 5.74) is 0. The average molecular weight is 362 g/mol. The summed E-state index contributed by atoms with van der Waals surface area (Å²) in [4.78, 5) is 21.3. The molecule has 0 radical (unpaired) electrons. The van der Waals surface area contributed by atoms with Crippen LogP contribution in [0.3, 0.4) is 0 Å². The van der Waals surface area contributed by atoms with E-state index >= 15 is 0 Å². The highest BCUT2D eigenvalue weighted by molar-refractivity contribution is 6.21. The molecule has 0 rings (SSSR count).